The van der Waals surface area contributed by atoms with Gasteiger partial charge in [0.2, 0.25) is 0 Å². The molecule has 0 aliphatic carbocycles. The number of allylic oxidation sites excluding steroid dienone is 10. The van der Waals surface area contributed by atoms with E-state index in [-0.39, 0.29) is 5.92 Å². The van der Waals surface area contributed by atoms with Crippen LogP contribution in [0.15, 0.2) is 60.8 Å². The Labute approximate surface area is 154 Å². The van der Waals surface area contributed by atoms with E-state index >= 15 is 0 Å². The zero-order valence-corrected chi connectivity index (χ0v) is 16.1. The molecule has 0 amide bonds. The van der Waals surface area contributed by atoms with E-state index in [1.807, 2.05) is 13.0 Å². The lowest BCUT2D eigenvalue weighted by Gasteiger charge is -2.06. The smallest absolute Gasteiger partial charge is 0.306 e. The van der Waals surface area contributed by atoms with Gasteiger partial charge in [-0.25, -0.2) is 0 Å². The summed E-state index contributed by atoms with van der Waals surface area (Å²) in [5.41, 5.74) is 0. The molecule has 1 atom stereocenters. The summed E-state index contributed by atoms with van der Waals surface area (Å²) in [5, 5.41) is 9.07. The van der Waals surface area contributed by atoms with Crippen LogP contribution in [-0.4, -0.2) is 11.1 Å². The van der Waals surface area contributed by atoms with Gasteiger partial charge in [-0.3, -0.25) is 4.79 Å². The van der Waals surface area contributed by atoms with Gasteiger partial charge in [0.25, 0.3) is 0 Å². The molecule has 2 heteroatoms. The molecule has 0 spiro atoms. The molecule has 0 fully saturated rings. The van der Waals surface area contributed by atoms with Crippen molar-refractivity contribution >= 4 is 5.97 Å². The molecule has 25 heavy (non-hydrogen) atoms. The average Bonchev–Trinajstić information content (AvgIpc) is 2.60. The van der Waals surface area contributed by atoms with E-state index in [4.69, 9.17) is 5.11 Å². The minimum absolute atomic E-state index is 0.223. The second-order valence-electron chi connectivity index (χ2n) is 6.11. The summed E-state index contributed by atoms with van der Waals surface area (Å²) in [5.74, 6) is -0.899. The van der Waals surface area contributed by atoms with Gasteiger partial charge in [-0.05, 0) is 51.4 Å². The van der Waals surface area contributed by atoms with Crippen molar-refractivity contribution in [3.8, 4) is 0 Å². The lowest BCUT2D eigenvalue weighted by atomic mass is 10.00. The Hall–Kier alpha value is -1.83. The molecule has 0 radical (unpaired) electrons. The zero-order valence-electron chi connectivity index (χ0n) is 16.1. The van der Waals surface area contributed by atoms with Crippen molar-refractivity contribution in [3.63, 3.8) is 0 Å². The molecular formula is C23H36O2. The van der Waals surface area contributed by atoms with Crippen LogP contribution in [0.2, 0.25) is 0 Å². The molecule has 0 aliphatic rings. The van der Waals surface area contributed by atoms with Crippen LogP contribution in [0.4, 0.5) is 0 Å². The van der Waals surface area contributed by atoms with Crippen LogP contribution in [0.1, 0.15) is 71.6 Å². The molecule has 1 N–H and O–H groups in total. The van der Waals surface area contributed by atoms with Crippen molar-refractivity contribution in [1.29, 1.82) is 0 Å². The first kappa shape index (κ1) is 23.2. The molecule has 0 saturated carbocycles. The highest BCUT2D eigenvalue weighted by atomic mass is 16.4. The van der Waals surface area contributed by atoms with Crippen LogP contribution in [0, 0.1) is 5.92 Å². The zero-order chi connectivity index (χ0) is 18.6. The number of rotatable bonds is 15. The van der Waals surface area contributed by atoms with E-state index in [0.29, 0.717) is 6.42 Å². The molecule has 0 saturated heterocycles. The lowest BCUT2D eigenvalue weighted by molar-refractivity contribution is -0.141. The molecule has 0 aliphatic heterocycles. The third kappa shape index (κ3) is 16.8. The third-order valence-electron chi connectivity index (χ3n) is 3.79. The third-order valence-corrected chi connectivity index (χ3v) is 3.79. The van der Waals surface area contributed by atoms with Crippen molar-refractivity contribution in [2.75, 3.05) is 0 Å². The first-order chi connectivity index (χ1) is 12.2. The maximum absolute atomic E-state index is 11.0. The normalized spacial score (nSPS) is 14.0. The van der Waals surface area contributed by atoms with Crippen LogP contribution in [0.3, 0.4) is 0 Å². The number of carboxylic acids is 1. The predicted molar refractivity (Wildman–Crippen MR) is 110 cm³/mol. The summed E-state index contributed by atoms with van der Waals surface area (Å²) in [7, 11) is 0. The van der Waals surface area contributed by atoms with Gasteiger partial charge in [0.1, 0.15) is 0 Å². The number of hydrogen-bond donors (Lipinski definition) is 1. The molecule has 0 heterocycles. The summed E-state index contributed by atoms with van der Waals surface area (Å²) < 4.78 is 0. The largest absolute Gasteiger partial charge is 0.481 e. The Bertz CT molecular complexity index is 453. The summed E-state index contributed by atoms with van der Waals surface area (Å²) in [4.78, 5) is 11.0. The molecule has 0 bridgehead atoms. The van der Waals surface area contributed by atoms with E-state index < -0.39 is 5.97 Å². The minimum atomic E-state index is -0.676. The van der Waals surface area contributed by atoms with E-state index in [1.165, 1.54) is 0 Å². The number of carboxylic acid groups (broad SMARTS) is 1. The predicted octanol–water partition coefficient (Wildman–Crippen LogP) is 7.02. The Kier molecular flexibility index (Phi) is 17.2. The van der Waals surface area contributed by atoms with Gasteiger partial charge in [0.05, 0.1) is 5.92 Å². The molecule has 0 aromatic heterocycles. The highest BCUT2D eigenvalue weighted by Crippen LogP contribution is 2.12. The van der Waals surface area contributed by atoms with E-state index in [1.54, 1.807) is 0 Å². The summed E-state index contributed by atoms with van der Waals surface area (Å²) >= 11 is 0. The van der Waals surface area contributed by atoms with Gasteiger partial charge in [0.15, 0.2) is 0 Å². The summed E-state index contributed by atoms with van der Waals surface area (Å²) in [6.07, 6.45) is 30.1. The van der Waals surface area contributed by atoms with E-state index in [0.717, 1.165) is 51.4 Å². The van der Waals surface area contributed by atoms with Gasteiger partial charge in [-0.15, -0.1) is 0 Å². The summed E-state index contributed by atoms with van der Waals surface area (Å²) in [6.45, 7) is 4.18. The van der Waals surface area contributed by atoms with Crippen molar-refractivity contribution in [2.24, 2.45) is 5.92 Å². The lowest BCUT2D eigenvalue weighted by Crippen LogP contribution is -2.12. The number of hydrogen-bond acceptors (Lipinski definition) is 1. The molecule has 140 valence electrons. The van der Waals surface area contributed by atoms with Crippen LogP contribution >= 0.6 is 0 Å². The van der Waals surface area contributed by atoms with Crippen molar-refractivity contribution in [3.05, 3.63) is 60.8 Å². The van der Waals surface area contributed by atoms with Crippen molar-refractivity contribution in [1.82, 2.24) is 0 Å². The molecular weight excluding hydrogens is 308 g/mol. The maximum atomic E-state index is 11.0. The number of aliphatic carboxylic acids is 1. The van der Waals surface area contributed by atoms with Gasteiger partial charge in [-0.2, -0.15) is 0 Å². The number of carbonyl (C=O) groups is 1. The molecule has 2 nitrogen and oxygen atoms in total. The van der Waals surface area contributed by atoms with E-state index in [2.05, 4.69) is 61.6 Å². The van der Waals surface area contributed by atoms with Crippen LogP contribution < -0.4 is 0 Å². The first-order valence-corrected chi connectivity index (χ1v) is 9.70. The van der Waals surface area contributed by atoms with Crippen LogP contribution in [0.5, 0.6) is 0 Å². The Balaban J connectivity index is 3.65. The SMILES string of the molecule is CCC=CCC=CCC=CCC=CCCC=CCC(CCC)C(=O)O. The highest BCUT2D eigenvalue weighted by molar-refractivity contribution is 5.70. The fraction of sp³-hybridized carbons (Fsp3) is 0.522. The van der Waals surface area contributed by atoms with Crippen LogP contribution in [-0.2, 0) is 4.79 Å². The van der Waals surface area contributed by atoms with Crippen molar-refractivity contribution < 1.29 is 9.90 Å². The molecule has 0 aromatic rings. The Morgan fingerprint density at radius 1 is 0.760 bits per heavy atom. The Morgan fingerprint density at radius 3 is 1.72 bits per heavy atom. The van der Waals surface area contributed by atoms with Crippen LogP contribution in [0.25, 0.3) is 0 Å². The highest BCUT2D eigenvalue weighted by Gasteiger charge is 2.13. The monoisotopic (exact) mass is 344 g/mol. The van der Waals surface area contributed by atoms with E-state index in [9.17, 15) is 4.79 Å². The summed E-state index contributed by atoms with van der Waals surface area (Å²) in [6, 6.07) is 0. The second kappa shape index (κ2) is 18.5. The van der Waals surface area contributed by atoms with Gasteiger partial charge < -0.3 is 5.11 Å². The molecule has 1 unspecified atom stereocenters. The fourth-order valence-electron chi connectivity index (χ4n) is 2.36. The maximum Gasteiger partial charge on any atom is 0.306 e. The average molecular weight is 345 g/mol. The number of unbranched alkanes of at least 4 members (excludes halogenated alkanes) is 1. The topological polar surface area (TPSA) is 37.3 Å². The first-order valence-electron chi connectivity index (χ1n) is 9.70. The van der Waals surface area contributed by atoms with Gasteiger partial charge in [0, 0.05) is 0 Å². The molecule has 0 aromatic carbocycles. The quantitative estimate of drug-likeness (QED) is 0.256. The second-order valence-corrected chi connectivity index (χ2v) is 6.11. The van der Waals surface area contributed by atoms with Gasteiger partial charge >= 0.3 is 5.97 Å². The fourth-order valence-corrected chi connectivity index (χ4v) is 2.36. The Morgan fingerprint density at radius 2 is 1.24 bits per heavy atom. The molecule has 0 rings (SSSR count). The standard InChI is InChI=1S/C23H36O2/c1-3-5-6-7-8-9-10-11-12-13-14-15-16-17-18-19-21-22(20-4-2)23(24)25/h5-6,8-9,11-12,14-15,18-19,22H,3-4,7,10,13,16-17,20-21H2,1-2H3,(H,24,25). The minimum Gasteiger partial charge on any atom is -0.481 e. The van der Waals surface area contributed by atoms with Gasteiger partial charge in [-0.1, -0.05) is 81.0 Å². The van der Waals surface area contributed by atoms with Crippen molar-refractivity contribution in [2.45, 2.75) is 71.6 Å².